The van der Waals surface area contributed by atoms with Crippen LogP contribution in [0.3, 0.4) is 0 Å². The number of benzene rings is 3. The van der Waals surface area contributed by atoms with Gasteiger partial charge in [0.2, 0.25) is 0 Å². The summed E-state index contributed by atoms with van der Waals surface area (Å²) in [4.78, 5) is -3.96. The van der Waals surface area contributed by atoms with Crippen LogP contribution in [0.1, 0.15) is 75.8 Å². The number of aryl methyl sites for hydroxylation is 1. The smallest absolute Gasteiger partial charge is 0.206 e. The van der Waals surface area contributed by atoms with Gasteiger partial charge in [0, 0.05) is 0 Å². The van der Waals surface area contributed by atoms with Crippen molar-refractivity contribution in [3.63, 3.8) is 0 Å². The fourth-order valence-corrected chi connectivity index (χ4v) is 6.11. The van der Waals surface area contributed by atoms with Crippen molar-refractivity contribution in [1.29, 1.82) is 0 Å². The molecular formula is C32H33BrF6. The lowest BCUT2D eigenvalue weighted by atomic mass is 9.78. The molecule has 0 saturated heterocycles. The highest BCUT2D eigenvalue weighted by molar-refractivity contribution is 9.09. The van der Waals surface area contributed by atoms with E-state index in [2.05, 4.69) is 6.92 Å². The Morgan fingerprint density at radius 2 is 1.21 bits per heavy atom. The van der Waals surface area contributed by atoms with Crippen LogP contribution in [0.25, 0.3) is 22.3 Å². The zero-order valence-corrected chi connectivity index (χ0v) is 23.6. The quantitative estimate of drug-likeness (QED) is 0.122. The molecule has 3 aromatic rings. The highest BCUT2D eigenvalue weighted by Gasteiger charge is 2.35. The highest BCUT2D eigenvalue weighted by Crippen LogP contribution is 2.41. The van der Waals surface area contributed by atoms with Gasteiger partial charge in [0.25, 0.3) is 0 Å². The Labute approximate surface area is 235 Å². The Bertz CT molecular complexity index is 1210. The summed E-state index contributed by atoms with van der Waals surface area (Å²) in [5.41, 5.74) is -0.668. The second kappa shape index (κ2) is 12.9. The van der Waals surface area contributed by atoms with Crippen LogP contribution in [0, 0.1) is 35.1 Å². The molecule has 0 heterocycles. The summed E-state index contributed by atoms with van der Waals surface area (Å²) < 4.78 is 85.2. The predicted octanol–water partition coefficient (Wildman–Crippen LogP) is 11.3. The van der Waals surface area contributed by atoms with E-state index in [1.165, 1.54) is 51.4 Å². The molecule has 39 heavy (non-hydrogen) atoms. The zero-order valence-electron chi connectivity index (χ0n) is 22.0. The first-order chi connectivity index (χ1) is 18.6. The number of hydrogen-bond donors (Lipinski definition) is 0. The molecule has 210 valence electrons. The van der Waals surface area contributed by atoms with Crippen LogP contribution < -0.4 is 0 Å². The van der Waals surface area contributed by atoms with E-state index >= 15 is 0 Å². The van der Waals surface area contributed by atoms with Crippen LogP contribution in [0.2, 0.25) is 0 Å². The van der Waals surface area contributed by atoms with Crippen LogP contribution in [0.15, 0.2) is 48.5 Å². The van der Waals surface area contributed by atoms with Crippen molar-refractivity contribution in [3.8, 4) is 22.3 Å². The Kier molecular flexibility index (Phi) is 9.84. The van der Waals surface area contributed by atoms with E-state index in [1.54, 1.807) is 12.1 Å². The topological polar surface area (TPSA) is 0 Å². The van der Waals surface area contributed by atoms with Crippen LogP contribution in [-0.4, -0.2) is 0 Å². The Morgan fingerprint density at radius 1 is 0.692 bits per heavy atom. The van der Waals surface area contributed by atoms with E-state index in [0.29, 0.717) is 17.7 Å². The fraction of sp³-hybridized carbons (Fsp3) is 0.438. The van der Waals surface area contributed by atoms with Crippen molar-refractivity contribution >= 4 is 15.9 Å². The van der Waals surface area contributed by atoms with Gasteiger partial charge in [-0.3, -0.25) is 0 Å². The number of rotatable bonds is 10. The first-order valence-corrected chi connectivity index (χ1v) is 14.5. The van der Waals surface area contributed by atoms with Crippen molar-refractivity contribution in [3.05, 3.63) is 82.9 Å². The second-order valence-corrected chi connectivity index (χ2v) is 11.7. The normalized spacial score (nSPS) is 17.9. The minimum Gasteiger partial charge on any atom is -0.206 e. The molecule has 4 rings (SSSR count). The molecule has 0 radical (unpaired) electrons. The van der Waals surface area contributed by atoms with Crippen LogP contribution in [-0.2, 0) is 11.3 Å². The molecule has 0 amide bonds. The largest absolute Gasteiger partial charge is 0.332 e. The molecule has 0 bridgehead atoms. The first kappa shape index (κ1) is 29.7. The van der Waals surface area contributed by atoms with Crippen LogP contribution >= 0.6 is 15.9 Å². The molecule has 0 spiro atoms. The van der Waals surface area contributed by atoms with Gasteiger partial charge >= 0.3 is 4.83 Å². The third kappa shape index (κ3) is 7.47. The van der Waals surface area contributed by atoms with Crippen molar-refractivity contribution in [1.82, 2.24) is 0 Å². The summed E-state index contributed by atoms with van der Waals surface area (Å²) in [7, 11) is 0. The molecule has 1 fully saturated rings. The molecular weight excluding hydrogens is 578 g/mol. The monoisotopic (exact) mass is 610 g/mol. The van der Waals surface area contributed by atoms with Gasteiger partial charge in [-0.15, -0.1) is 0 Å². The van der Waals surface area contributed by atoms with Gasteiger partial charge in [-0.1, -0.05) is 82.6 Å². The summed E-state index contributed by atoms with van der Waals surface area (Å²) >= 11 is 1.92. The maximum atomic E-state index is 15.0. The first-order valence-electron chi connectivity index (χ1n) is 13.7. The summed E-state index contributed by atoms with van der Waals surface area (Å²) in [6, 6.07) is 10.7. The lowest BCUT2D eigenvalue weighted by molar-refractivity contribution is 0.105. The Balaban J connectivity index is 1.41. The maximum Gasteiger partial charge on any atom is 0.332 e. The van der Waals surface area contributed by atoms with E-state index in [4.69, 9.17) is 0 Å². The molecule has 1 saturated carbocycles. The van der Waals surface area contributed by atoms with Crippen LogP contribution in [0.5, 0.6) is 0 Å². The zero-order chi connectivity index (χ0) is 28.2. The van der Waals surface area contributed by atoms with E-state index < -0.39 is 44.8 Å². The van der Waals surface area contributed by atoms with Gasteiger partial charge in [0.15, 0.2) is 0 Å². The molecule has 1 aliphatic carbocycles. The maximum absolute atomic E-state index is 15.0. The van der Waals surface area contributed by atoms with E-state index in [-0.39, 0.29) is 5.56 Å². The minimum absolute atomic E-state index is 0.270. The van der Waals surface area contributed by atoms with Crippen LogP contribution in [0.4, 0.5) is 26.3 Å². The lowest BCUT2D eigenvalue weighted by Gasteiger charge is -2.28. The molecule has 0 atom stereocenters. The van der Waals surface area contributed by atoms with Gasteiger partial charge < -0.3 is 0 Å². The summed E-state index contributed by atoms with van der Waals surface area (Å²) in [6.45, 7) is 2.24. The summed E-state index contributed by atoms with van der Waals surface area (Å²) in [5.74, 6) is -3.67. The summed E-state index contributed by atoms with van der Waals surface area (Å²) in [6.07, 6.45) is 12.6. The van der Waals surface area contributed by atoms with E-state index in [0.717, 1.165) is 42.4 Å². The molecule has 1 aliphatic rings. The summed E-state index contributed by atoms with van der Waals surface area (Å²) in [5, 5.41) is 0. The number of halogens is 7. The highest BCUT2D eigenvalue weighted by atomic mass is 79.9. The van der Waals surface area contributed by atoms with Crippen molar-refractivity contribution in [2.75, 3.05) is 0 Å². The van der Waals surface area contributed by atoms with Crippen molar-refractivity contribution in [2.45, 2.75) is 76.0 Å². The van der Waals surface area contributed by atoms with Crippen molar-refractivity contribution < 1.29 is 26.3 Å². The van der Waals surface area contributed by atoms with Crippen molar-refractivity contribution in [2.24, 2.45) is 11.8 Å². The third-order valence-corrected chi connectivity index (χ3v) is 8.36. The predicted molar refractivity (Wildman–Crippen MR) is 148 cm³/mol. The molecule has 0 aliphatic heterocycles. The SMILES string of the molecule is CCCCCC1CCC(CCc2ccc(-c3cc(F)c(-c4cc(F)c(C(F)(F)Br)c(F)c4)c(F)c3)cc2)CC1. The Hall–Kier alpha value is -2.28. The van der Waals surface area contributed by atoms with Gasteiger partial charge in [-0.2, -0.15) is 8.78 Å². The molecule has 0 N–H and O–H groups in total. The molecule has 3 aromatic carbocycles. The van der Waals surface area contributed by atoms with E-state index in [1.807, 2.05) is 28.1 Å². The van der Waals surface area contributed by atoms with Gasteiger partial charge in [-0.05, 0) is 87.1 Å². The molecule has 0 unspecified atom stereocenters. The molecule has 0 aromatic heterocycles. The minimum atomic E-state index is -3.96. The lowest BCUT2D eigenvalue weighted by Crippen LogP contribution is -2.15. The van der Waals surface area contributed by atoms with Gasteiger partial charge in [0.1, 0.15) is 28.8 Å². The average Bonchev–Trinajstić information content (AvgIpc) is 2.87. The number of hydrogen-bond acceptors (Lipinski definition) is 0. The van der Waals surface area contributed by atoms with Gasteiger partial charge in [-0.25, -0.2) is 17.6 Å². The molecule has 0 nitrogen and oxygen atoms in total. The fourth-order valence-electron chi connectivity index (χ4n) is 5.73. The third-order valence-electron chi connectivity index (χ3n) is 7.97. The van der Waals surface area contributed by atoms with Gasteiger partial charge in [0.05, 0.1) is 5.56 Å². The molecule has 7 heteroatoms. The second-order valence-electron chi connectivity index (χ2n) is 10.7. The average molecular weight is 612 g/mol. The standard InChI is InChI=1S/C32H33BrF6/c1-2-3-4-5-20-6-8-21(9-7-20)10-11-22-12-14-23(15-13-22)24-16-26(34)30(27(35)17-24)25-18-28(36)31(29(37)19-25)32(33,38)39/h12-21H,2-11H2,1H3. The Morgan fingerprint density at radius 3 is 1.72 bits per heavy atom. The number of unbranched alkanes of at least 4 members (excludes halogenated alkanes) is 2. The van der Waals surface area contributed by atoms with E-state index in [9.17, 15) is 26.3 Å². The number of alkyl halides is 3.